The van der Waals surface area contributed by atoms with Crippen LogP contribution in [0, 0.1) is 27.4 Å². The van der Waals surface area contributed by atoms with Crippen LogP contribution in [0.2, 0.25) is 5.02 Å². The molecule has 13 heteroatoms. The first-order valence-corrected chi connectivity index (χ1v) is 15.2. The fourth-order valence-electron chi connectivity index (χ4n) is 6.49. The van der Waals surface area contributed by atoms with Crippen LogP contribution < -0.4 is 4.72 Å². The van der Waals surface area contributed by atoms with Gasteiger partial charge in [-0.25, -0.2) is 13.1 Å². The molecule has 3 aliphatic carbocycles. The van der Waals surface area contributed by atoms with Crippen molar-refractivity contribution in [2.24, 2.45) is 17.3 Å². The van der Waals surface area contributed by atoms with E-state index in [1.165, 1.54) is 18.4 Å². The van der Waals surface area contributed by atoms with Crippen molar-refractivity contribution in [2.45, 2.75) is 63.4 Å². The largest absolute Gasteiger partial charge is 0.474 e. The van der Waals surface area contributed by atoms with Gasteiger partial charge in [0.05, 0.1) is 34.6 Å². The molecular weight excluding hydrogens is 559 g/mol. The van der Waals surface area contributed by atoms with Gasteiger partial charge in [0.1, 0.15) is 10.6 Å². The molecule has 5 atom stereocenters. The SMILES string of the molecule is CC1(C)[C@@H]2C[C@@H](OB(O)[C@H](Cc3coc4ccccc34)NS(=O)(=O)Cc3ccc([N+](=O)[O-])c(Cl)c3)[C@@](C)(O)[C@H]1C2. The van der Waals surface area contributed by atoms with Gasteiger partial charge in [-0.05, 0) is 66.7 Å². The number of benzene rings is 2. The molecule has 3 N–H and O–H groups in total. The van der Waals surface area contributed by atoms with Crippen molar-refractivity contribution >= 4 is 45.4 Å². The van der Waals surface area contributed by atoms with Crippen molar-refractivity contribution in [3.63, 3.8) is 0 Å². The lowest BCUT2D eigenvalue weighted by molar-refractivity contribution is -0.384. The lowest BCUT2D eigenvalue weighted by atomic mass is 9.43. The Labute approximate surface area is 238 Å². The van der Waals surface area contributed by atoms with Gasteiger partial charge in [0.15, 0.2) is 0 Å². The number of sulfonamides is 1. The van der Waals surface area contributed by atoms with Crippen LogP contribution in [-0.2, 0) is 26.9 Å². The van der Waals surface area contributed by atoms with Crippen LogP contribution in [0.1, 0.15) is 44.7 Å². The maximum Gasteiger partial charge on any atom is 0.474 e. The van der Waals surface area contributed by atoms with E-state index in [0.717, 1.165) is 17.9 Å². The maximum absolute atomic E-state index is 13.3. The predicted molar refractivity (Wildman–Crippen MR) is 151 cm³/mol. The molecule has 214 valence electrons. The van der Waals surface area contributed by atoms with Gasteiger partial charge in [0.2, 0.25) is 10.0 Å². The molecular formula is C27H32BClN2O8S. The second-order valence-corrected chi connectivity index (χ2v) is 13.9. The zero-order valence-corrected chi connectivity index (χ0v) is 24.0. The molecule has 3 saturated carbocycles. The van der Waals surface area contributed by atoms with Crippen LogP contribution in [0.5, 0.6) is 0 Å². The molecule has 0 spiro atoms. The molecule has 1 heterocycles. The van der Waals surface area contributed by atoms with Gasteiger partial charge in [0, 0.05) is 11.5 Å². The number of nitrogens with zero attached hydrogens (tertiary/aromatic N) is 1. The third-order valence-electron chi connectivity index (χ3n) is 8.87. The Morgan fingerprint density at radius 1 is 1.25 bits per heavy atom. The standard InChI is InChI=1S/C27H32BClN2O8S/c1-26(2)18-12-23(26)27(3,32)24(13-18)39-28(33)25(11-17-14-38-22-7-5-4-6-19(17)22)30-40(36,37)15-16-8-9-21(31(34)35)20(29)10-16/h4-10,14,18,23-25,30,32-33H,11-13,15H2,1-3H3/t18-,23-,24+,25-,27-/m0/s1. The minimum atomic E-state index is -4.09. The summed E-state index contributed by atoms with van der Waals surface area (Å²) in [5.74, 6) is -1.33. The van der Waals surface area contributed by atoms with E-state index in [-0.39, 0.29) is 34.0 Å². The van der Waals surface area contributed by atoms with Gasteiger partial charge in [0.25, 0.3) is 5.69 Å². The smallest absolute Gasteiger partial charge is 0.464 e. The zero-order chi connectivity index (χ0) is 29.0. The highest BCUT2D eigenvalue weighted by atomic mass is 35.5. The molecule has 3 fully saturated rings. The van der Waals surface area contributed by atoms with E-state index in [4.69, 9.17) is 20.7 Å². The Hall–Kier alpha value is -2.48. The van der Waals surface area contributed by atoms with Crippen molar-refractivity contribution in [3.8, 4) is 0 Å². The van der Waals surface area contributed by atoms with Gasteiger partial charge in [-0.3, -0.25) is 10.1 Å². The zero-order valence-electron chi connectivity index (χ0n) is 22.4. The summed E-state index contributed by atoms with van der Waals surface area (Å²) in [6.07, 6.45) is 2.31. The highest BCUT2D eigenvalue weighted by molar-refractivity contribution is 7.88. The number of nitro benzene ring substituents is 1. The highest BCUT2D eigenvalue weighted by Gasteiger charge is 2.63. The van der Waals surface area contributed by atoms with E-state index in [2.05, 4.69) is 18.6 Å². The number of nitro groups is 1. The van der Waals surface area contributed by atoms with Crippen molar-refractivity contribution < 1.29 is 32.5 Å². The third kappa shape index (κ3) is 5.40. The van der Waals surface area contributed by atoms with Crippen LogP contribution in [-0.4, -0.2) is 48.2 Å². The van der Waals surface area contributed by atoms with E-state index >= 15 is 0 Å². The van der Waals surface area contributed by atoms with Crippen LogP contribution in [0.3, 0.4) is 0 Å². The number of para-hydroxylation sites is 1. The van der Waals surface area contributed by atoms with Crippen LogP contribution >= 0.6 is 11.6 Å². The van der Waals surface area contributed by atoms with Crippen molar-refractivity contribution in [1.29, 1.82) is 0 Å². The quantitative estimate of drug-likeness (QED) is 0.180. The topological polar surface area (TPSA) is 152 Å². The van der Waals surface area contributed by atoms with Crippen LogP contribution in [0.15, 0.2) is 53.1 Å². The monoisotopic (exact) mass is 590 g/mol. The first-order chi connectivity index (χ1) is 18.7. The minimum absolute atomic E-state index is 0.00389. The molecule has 2 aromatic carbocycles. The fourth-order valence-corrected chi connectivity index (χ4v) is 8.13. The Morgan fingerprint density at radius 3 is 2.62 bits per heavy atom. The van der Waals surface area contributed by atoms with Gasteiger partial charge in [-0.1, -0.05) is 49.7 Å². The van der Waals surface area contributed by atoms with E-state index in [0.29, 0.717) is 23.5 Å². The van der Waals surface area contributed by atoms with E-state index in [1.807, 2.05) is 18.2 Å². The summed E-state index contributed by atoms with van der Waals surface area (Å²) < 4.78 is 40.7. The van der Waals surface area contributed by atoms with E-state index < -0.39 is 45.5 Å². The molecule has 0 radical (unpaired) electrons. The van der Waals surface area contributed by atoms with Gasteiger partial charge >= 0.3 is 7.12 Å². The third-order valence-corrected chi connectivity index (χ3v) is 10.5. The molecule has 3 aliphatic rings. The first kappa shape index (κ1) is 29.0. The predicted octanol–water partition coefficient (Wildman–Crippen LogP) is 4.25. The highest BCUT2D eigenvalue weighted by Crippen LogP contribution is 2.63. The molecule has 6 rings (SSSR count). The molecule has 0 unspecified atom stereocenters. The Bertz CT molecular complexity index is 1540. The normalized spacial score (nSPS) is 26.3. The van der Waals surface area contributed by atoms with E-state index in [1.54, 1.807) is 13.0 Å². The molecule has 0 amide bonds. The maximum atomic E-state index is 13.3. The number of hydrogen-bond donors (Lipinski definition) is 3. The number of nitrogens with one attached hydrogen (secondary N) is 1. The lowest BCUT2D eigenvalue weighted by Gasteiger charge is -2.65. The number of hydrogen-bond acceptors (Lipinski definition) is 8. The second kappa shape index (κ2) is 10.4. The van der Waals surface area contributed by atoms with Gasteiger partial charge in [-0.2, -0.15) is 0 Å². The molecule has 0 aliphatic heterocycles. The summed E-state index contributed by atoms with van der Waals surface area (Å²) >= 11 is 5.98. The Kier molecular flexibility index (Phi) is 7.56. The second-order valence-electron chi connectivity index (χ2n) is 11.8. The van der Waals surface area contributed by atoms with Crippen molar-refractivity contribution in [2.75, 3.05) is 0 Å². The average Bonchev–Trinajstić information content (AvgIpc) is 3.26. The Balaban J connectivity index is 1.38. The molecule has 40 heavy (non-hydrogen) atoms. The number of furan rings is 1. The summed E-state index contributed by atoms with van der Waals surface area (Å²) in [5, 5.41) is 34.3. The van der Waals surface area contributed by atoms with Gasteiger partial charge < -0.3 is 19.2 Å². The summed E-state index contributed by atoms with van der Waals surface area (Å²) in [6.45, 7) is 5.96. The molecule has 10 nitrogen and oxygen atoms in total. The summed E-state index contributed by atoms with van der Waals surface area (Å²) in [6, 6.07) is 11.0. The van der Waals surface area contributed by atoms with Crippen LogP contribution in [0.25, 0.3) is 11.0 Å². The summed E-state index contributed by atoms with van der Waals surface area (Å²) in [4.78, 5) is 10.4. The van der Waals surface area contributed by atoms with Crippen LogP contribution in [0.4, 0.5) is 5.69 Å². The minimum Gasteiger partial charge on any atom is -0.464 e. The number of rotatable bonds is 10. The van der Waals surface area contributed by atoms with Crippen molar-refractivity contribution in [3.05, 3.63) is 75.0 Å². The Morgan fingerprint density at radius 2 is 1.98 bits per heavy atom. The average molecular weight is 591 g/mol. The fraction of sp³-hybridized carbons (Fsp3) is 0.481. The number of fused-ring (bicyclic) bond motifs is 3. The number of aliphatic hydroxyl groups is 1. The lowest BCUT2D eigenvalue weighted by Crippen LogP contribution is -2.68. The summed E-state index contributed by atoms with van der Waals surface area (Å²) in [7, 11) is -5.67. The summed E-state index contributed by atoms with van der Waals surface area (Å²) in [5.41, 5.74) is -0.0396. The van der Waals surface area contributed by atoms with Gasteiger partial charge in [-0.15, -0.1) is 0 Å². The molecule has 1 aromatic heterocycles. The van der Waals surface area contributed by atoms with Crippen molar-refractivity contribution in [1.82, 2.24) is 4.72 Å². The molecule has 0 saturated heterocycles. The first-order valence-electron chi connectivity index (χ1n) is 13.1. The molecule has 2 bridgehead atoms. The molecule has 3 aromatic rings. The van der Waals surface area contributed by atoms with E-state index in [9.17, 15) is 28.7 Å². The number of halogens is 1.